The number of hydrogen-bond acceptors (Lipinski definition) is 4. The van der Waals surface area contributed by atoms with Crippen LogP contribution in [0, 0.1) is 0 Å². The average molecular weight is 425 g/mol. The van der Waals surface area contributed by atoms with E-state index in [0.717, 1.165) is 22.6 Å². The van der Waals surface area contributed by atoms with Crippen LogP contribution in [0.4, 0.5) is 11.5 Å². The van der Waals surface area contributed by atoms with Crippen LogP contribution < -0.4 is 15.4 Å². The fourth-order valence-electron chi connectivity index (χ4n) is 3.59. The standard InChI is InChI=1S/C22H21ClN4O3/c1-3-16-20(13-7-6-8-14(11-13)30-2)21-25-22(29)18(27(21)26-16)12-19(28)24-17-10-5-4-9-15(17)23/h4-11,18H,3,12H2,1-2H3,(H,24,28)(H,25,29). The molecule has 1 aliphatic heterocycles. The summed E-state index contributed by atoms with van der Waals surface area (Å²) in [7, 11) is 1.61. The molecule has 1 aromatic heterocycles. The van der Waals surface area contributed by atoms with Crippen molar-refractivity contribution in [2.24, 2.45) is 0 Å². The molecule has 0 bridgehead atoms. The van der Waals surface area contributed by atoms with Crippen LogP contribution in [0.1, 0.15) is 25.1 Å². The molecule has 1 aliphatic rings. The van der Waals surface area contributed by atoms with Gasteiger partial charge in [-0.05, 0) is 36.2 Å². The summed E-state index contributed by atoms with van der Waals surface area (Å²) in [6.07, 6.45) is 0.632. The molecule has 0 saturated heterocycles. The van der Waals surface area contributed by atoms with E-state index >= 15 is 0 Å². The fraction of sp³-hybridized carbons (Fsp3) is 0.227. The van der Waals surface area contributed by atoms with E-state index in [1.807, 2.05) is 31.2 Å². The molecular formula is C22H21ClN4O3. The molecule has 8 heteroatoms. The minimum atomic E-state index is -0.729. The van der Waals surface area contributed by atoms with Gasteiger partial charge in [-0.2, -0.15) is 5.10 Å². The zero-order valence-corrected chi connectivity index (χ0v) is 17.4. The first kappa shape index (κ1) is 20.0. The number of methoxy groups -OCH3 is 1. The minimum absolute atomic E-state index is 0.0492. The lowest BCUT2D eigenvalue weighted by atomic mass is 10.0. The summed E-state index contributed by atoms with van der Waals surface area (Å²) < 4.78 is 6.94. The van der Waals surface area contributed by atoms with Crippen molar-refractivity contribution in [2.75, 3.05) is 17.7 Å². The molecule has 2 aromatic carbocycles. The van der Waals surface area contributed by atoms with E-state index in [9.17, 15) is 9.59 Å². The summed E-state index contributed by atoms with van der Waals surface area (Å²) in [5.74, 6) is 0.737. The molecule has 30 heavy (non-hydrogen) atoms. The number of rotatable bonds is 6. The van der Waals surface area contributed by atoms with Crippen molar-refractivity contribution < 1.29 is 14.3 Å². The van der Waals surface area contributed by atoms with E-state index in [0.29, 0.717) is 22.9 Å². The second-order valence-corrected chi connectivity index (χ2v) is 7.34. The topological polar surface area (TPSA) is 85.2 Å². The first-order chi connectivity index (χ1) is 14.5. The van der Waals surface area contributed by atoms with E-state index in [1.54, 1.807) is 36.1 Å². The highest BCUT2D eigenvalue weighted by Crippen LogP contribution is 2.39. The smallest absolute Gasteiger partial charge is 0.251 e. The molecule has 2 amide bonds. The third-order valence-corrected chi connectivity index (χ3v) is 5.37. The number of nitrogens with one attached hydrogen (secondary N) is 2. The zero-order chi connectivity index (χ0) is 21.3. The van der Waals surface area contributed by atoms with Crippen molar-refractivity contribution in [1.82, 2.24) is 9.78 Å². The first-order valence-corrected chi connectivity index (χ1v) is 10.0. The van der Waals surface area contributed by atoms with Gasteiger partial charge in [-0.1, -0.05) is 42.8 Å². The SMILES string of the molecule is CCc1nn2c(c1-c1cccc(OC)c1)NC(=O)C2CC(=O)Nc1ccccc1Cl. The highest BCUT2D eigenvalue weighted by molar-refractivity contribution is 6.33. The van der Waals surface area contributed by atoms with Gasteiger partial charge in [0.15, 0.2) is 0 Å². The van der Waals surface area contributed by atoms with Crippen molar-refractivity contribution in [3.05, 3.63) is 59.2 Å². The van der Waals surface area contributed by atoms with Gasteiger partial charge in [-0.15, -0.1) is 0 Å². The number of anilines is 2. The van der Waals surface area contributed by atoms with Crippen LogP contribution in [-0.4, -0.2) is 28.7 Å². The monoisotopic (exact) mass is 424 g/mol. The average Bonchev–Trinajstić information content (AvgIpc) is 3.25. The molecule has 154 valence electrons. The third kappa shape index (κ3) is 3.64. The molecule has 0 fully saturated rings. The number of fused-ring (bicyclic) bond motifs is 1. The minimum Gasteiger partial charge on any atom is -0.497 e. The molecular weight excluding hydrogens is 404 g/mol. The van der Waals surface area contributed by atoms with Crippen LogP contribution in [0.15, 0.2) is 48.5 Å². The highest BCUT2D eigenvalue weighted by Gasteiger charge is 2.36. The van der Waals surface area contributed by atoms with Gasteiger partial charge in [0.1, 0.15) is 17.6 Å². The highest BCUT2D eigenvalue weighted by atomic mass is 35.5. The van der Waals surface area contributed by atoms with Crippen molar-refractivity contribution >= 4 is 34.9 Å². The number of benzene rings is 2. The van der Waals surface area contributed by atoms with Gasteiger partial charge < -0.3 is 15.4 Å². The fourth-order valence-corrected chi connectivity index (χ4v) is 3.77. The number of halogens is 1. The maximum atomic E-state index is 12.7. The second-order valence-electron chi connectivity index (χ2n) is 6.94. The Morgan fingerprint density at radius 1 is 1.27 bits per heavy atom. The number of ether oxygens (including phenoxy) is 1. The Labute approximate surface area is 179 Å². The van der Waals surface area contributed by atoms with Crippen molar-refractivity contribution in [3.8, 4) is 16.9 Å². The quantitative estimate of drug-likeness (QED) is 0.618. The lowest BCUT2D eigenvalue weighted by Crippen LogP contribution is -2.24. The number of nitrogens with zero attached hydrogens (tertiary/aromatic N) is 2. The van der Waals surface area contributed by atoms with Gasteiger partial charge >= 0.3 is 0 Å². The van der Waals surface area contributed by atoms with Crippen molar-refractivity contribution in [3.63, 3.8) is 0 Å². The number of carbonyl (C=O) groups excluding carboxylic acids is 2. The molecule has 4 rings (SSSR count). The van der Waals surface area contributed by atoms with E-state index in [1.165, 1.54) is 0 Å². The molecule has 7 nitrogen and oxygen atoms in total. The van der Waals surface area contributed by atoms with Crippen molar-refractivity contribution in [1.29, 1.82) is 0 Å². The van der Waals surface area contributed by atoms with Gasteiger partial charge in [0.05, 0.1) is 29.9 Å². The Bertz CT molecular complexity index is 1130. The molecule has 3 aromatic rings. The number of aryl methyl sites for hydroxylation is 1. The Balaban J connectivity index is 1.63. The molecule has 0 spiro atoms. The maximum Gasteiger partial charge on any atom is 0.251 e. The lowest BCUT2D eigenvalue weighted by Gasteiger charge is -2.11. The number of carbonyl (C=O) groups is 2. The lowest BCUT2D eigenvalue weighted by molar-refractivity contribution is -0.123. The van der Waals surface area contributed by atoms with Crippen LogP contribution in [0.3, 0.4) is 0 Å². The molecule has 0 aliphatic carbocycles. The van der Waals surface area contributed by atoms with E-state index in [-0.39, 0.29) is 18.2 Å². The normalized spacial score (nSPS) is 14.9. The van der Waals surface area contributed by atoms with Crippen LogP contribution in [0.2, 0.25) is 5.02 Å². The van der Waals surface area contributed by atoms with Gasteiger partial charge in [-0.25, -0.2) is 4.68 Å². The Morgan fingerprint density at radius 3 is 2.80 bits per heavy atom. The first-order valence-electron chi connectivity index (χ1n) is 9.62. The number of hydrogen-bond donors (Lipinski definition) is 2. The van der Waals surface area contributed by atoms with E-state index in [2.05, 4.69) is 15.7 Å². The van der Waals surface area contributed by atoms with Gasteiger partial charge in [0.2, 0.25) is 5.91 Å². The second kappa shape index (κ2) is 8.20. The summed E-state index contributed by atoms with van der Waals surface area (Å²) in [6, 6.07) is 13.8. The Hall–Kier alpha value is -3.32. The van der Waals surface area contributed by atoms with Gasteiger partial charge in [-0.3, -0.25) is 9.59 Å². The van der Waals surface area contributed by atoms with Crippen molar-refractivity contribution in [2.45, 2.75) is 25.8 Å². The molecule has 0 radical (unpaired) electrons. The van der Waals surface area contributed by atoms with Crippen LogP contribution >= 0.6 is 11.6 Å². The zero-order valence-electron chi connectivity index (χ0n) is 16.6. The summed E-state index contributed by atoms with van der Waals surface area (Å²) in [5.41, 5.74) is 3.09. The van der Waals surface area contributed by atoms with E-state index in [4.69, 9.17) is 16.3 Å². The summed E-state index contributed by atoms with van der Waals surface area (Å²) in [6.45, 7) is 2.00. The largest absolute Gasteiger partial charge is 0.497 e. The predicted molar refractivity (Wildman–Crippen MR) is 116 cm³/mol. The summed E-state index contributed by atoms with van der Waals surface area (Å²) in [5, 5.41) is 10.7. The molecule has 2 heterocycles. The van der Waals surface area contributed by atoms with E-state index < -0.39 is 6.04 Å². The Morgan fingerprint density at radius 2 is 2.07 bits per heavy atom. The molecule has 2 N–H and O–H groups in total. The number of para-hydroxylation sites is 1. The van der Waals surface area contributed by atoms with Crippen LogP contribution in [0.5, 0.6) is 5.75 Å². The number of aromatic nitrogens is 2. The molecule has 1 unspecified atom stereocenters. The third-order valence-electron chi connectivity index (χ3n) is 5.04. The molecule has 0 saturated carbocycles. The van der Waals surface area contributed by atoms with Crippen LogP contribution in [-0.2, 0) is 16.0 Å². The van der Waals surface area contributed by atoms with Gasteiger partial charge in [0.25, 0.3) is 5.91 Å². The Kier molecular flexibility index (Phi) is 5.46. The predicted octanol–water partition coefficient (Wildman–Crippen LogP) is 4.30. The number of amides is 2. The maximum absolute atomic E-state index is 12.7. The summed E-state index contributed by atoms with van der Waals surface area (Å²) in [4.78, 5) is 25.2. The van der Waals surface area contributed by atoms with Gasteiger partial charge in [0, 0.05) is 5.56 Å². The molecule has 1 atom stereocenters. The van der Waals surface area contributed by atoms with Crippen LogP contribution in [0.25, 0.3) is 11.1 Å². The summed E-state index contributed by atoms with van der Waals surface area (Å²) >= 11 is 6.11.